The number of benzene rings is 1. The highest BCUT2D eigenvalue weighted by atomic mass is 32.2. The first kappa shape index (κ1) is 41.3. The summed E-state index contributed by atoms with van der Waals surface area (Å²) in [5, 5.41) is 18.5. The van der Waals surface area contributed by atoms with E-state index in [1.807, 2.05) is 53.7 Å². The van der Waals surface area contributed by atoms with Gasteiger partial charge in [0.1, 0.15) is 28.7 Å². The summed E-state index contributed by atoms with van der Waals surface area (Å²) in [5.74, 6) is 0.942. The summed E-state index contributed by atoms with van der Waals surface area (Å²) in [7, 11) is -3.40. The smallest absolute Gasteiger partial charge is 0.306 e. The molecule has 0 saturated heterocycles. The summed E-state index contributed by atoms with van der Waals surface area (Å²) < 4.78 is 39.6. The van der Waals surface area contributed by atoms with Crippen molar-refractivity contribution in [3.63, 3.8) is 0 Å². The van der Waals surface area contributed by atoms with E-state index in [1.54, 1.807) is 42.1 Å². The van der Waals surface area contributed by atoms with Crippen LogP contribution in [0.5, 0.6) is 5.88 Å². The lowest BCUT2D eigenvalue weighted by Gasteiger charge is -2.23. The van der Waals surface area contributed by atoms with Gasteiger partial charge in [-0.15, -0.1) is 0 Å². The zero-order valence-corrected chi connectivity index (χ0v) is 32.5. The molecule has 0 amide bonds. The predicted molar refractivity (Wildman–Crippen MR) is 205 cm³/mol. The van der Waals surface area contributed by atoms with Crippen LogP contribution in [0.2, 0.25) is 0 Å². The molecule has 280 valence electrons. The van der Waals surface area contributed by atoms with Crippen LogP contribution in [0.4, 0.5) is 17.2 Å². The molecular weight excluding hydrogens is 665 g/mol. The fourth-order valence-electron chi connectivity index (χ4n) is 5.51. The maximum Gasteiger partial charge on any atom is 0.306 e. The summed E-state index contributed by atoms with van der Waals surface area (Å²) in [5.41, 5.74) is 1.90. The molecular formula is C39H58N6O5S. The number of nitrogens with zero attached hydrogens (tertiary/aromatic N) is 4. The van der Waals surface area contributed by atoms with Crippen LogP contribution < -0.4 is 14.8 Å². The molecule has 0 bridgehead atoms. The molecule has 2 N–H and O–H groups in total. The minimum absolute atomic E-state index is 0.0235. The molecule has 3 aromatic rings. The van der Waals surface area contributed by atoms with Gasteiger partial charge in [-0.25, -0.2) is 18.1 Å². The second-order valence-electron chi connectivity index (χ2n) is 14.9. The fraction of sp³-hybridized carbons (Fsp3) is 0.590. The van der Waals surface area contributed by atoms with E-state index in [2.05, 4.69) is 21.1 Å². The number of unbranched alkanes of at least 4 members (excludes halogenated alkanes) is 10. The topological polar surface area (TPSA) is 148 Å². The average Bonchev–Trinajstić information content (AvgIpc) is 3.43. The van der Waals surface area contributed by atoms with E-state index in [1.165, 1.54) is 44.9 Å². The predicted octanol–water partition coefficient (Wildman–Crippen LogP) is 9.48. The van der Waals surface area contributed by atoms with Gasteiger partial charge in [-0.3, -0.25) is 9.52 Å². The third kappa shape index (κ3) is 14.6. The highest BCUT2D eigenvalue weighted by Gasteiger charge is 2.26. The maximum atomic E-state index is 12.0. The van der Waals surface area contributed by atoms with E-state index >= 15 is 0 Å². The minimum atomic E-state index is -3.40. The van der Waals surface area contributed by atoms with Gasteiger partial charge in [0.05, 0.1) is 17.9 Å². The normalized spacial score (nSPS) is 12.0. The van der Waals surface area contributed by atoms with Gasteiger partial charge in [-0.05, 0) is 79.5 Å². The lowest BCUT2D eigenvalue weighted by molar-refractivity contribution is -0.154. The molecule has 0 atom stereocenters. The number of rotatable bonds is 21. The highest BCUT2D eigenvalue weighted by Crippen LogP contribution is 2.35. The summed E-state index contributed by atoms with van der Waals surface area (Å²) in [6, 6.07) is 12.8. The largest absolute Gasteiger partial charge is 0.478 e. The molecule has 3 rings (SSSR count). The van der Waals surface area contributed by atoms with Crippen molar-refractivity contribution in [2.24, 2.45) is 0 Å². The van der Waals surface area contributed by atoms with Crippen LogP contribution in [0.3, 0.4) is 0 Å². The molecule has 0 spiro atoms. The first-order valence-corrected chi connectivity index (χ1v) is 20.0. The summed E-state index contributed by atoms with van der Waals surface area (Å²) in [4.78, 5) is 16.2. The molecule has 0 aliphatic rings. The molecule has 12 heteroatoms. The Morgan fingerprint density at radius 1 is 0.863 bits per heavy atom. The van der Waals surface area contributed by atoms with E-state index < -0.39 is 21.2 Å². The molecule has 11 nitrogen and oxygen atoms in total. The first-order chi connectivity index (χ1) is 24.1. The molecule has 0 aliphatic carbocycles. The number of nitrogens with one attached hydrogen (secondary N) is 2. The number of nitriles is 1. The Morgan fingerprint density at radius 3 is 2.00 bits per heavy atom. The molecule has 0 aliphatic heterocycles. The molecule has 0 radical (unpaired) electrons. The van der Waals surface area contributed by atoms with Gasteiger partial charge < -0.3 is 14.8 Å². The third-order valence-electron chi connectivity index (χ3n) is 8.14. The van der Waals surface area contributed by atoms with Crippen LogP contribution in [0.15, 0.2) is 42.6 Å². The molecule has 0 saturated carbocycles. The number of aromatic nitrogens is 3. The second-order valence-corrected chi connectivity index (χ2v) is 16.9. The number of pyridine rings is 1. The van der Waals surface area contributed by atoms with Gasteiger partial charge in [0, 0.05) is 35.6 Å². The van der Waals surface area contributed by atoms with Crippen LogP contribution in [-0.4, -0.2) is 47.1 Å². The Bertz CT molecular complexity index is 1680. The molecule has 51 heavy (non-hydrogen) atoms. The second kappa shape index (κ2) is 19.5. The van der Waals surface area contributed by atoms with Crippen molar-refractivity contribution in [3.05, 3.63) is 48.2 Å². The van der Waals surface area contributed by atoms with Gasteiger partial charge in [0.25, 0.3) is 0 Å². The quantitative estimate of drug-likeness (QED) is 0.0810. The first-order valence-electron chi connectivity index (χ1n) is 18.3. The summed E-state index contributed by atoms with van der Waals surface area (Å²) in [6.07, 6.45) is 14.8. The SMILES string of the molecule is CCS(=O)(=O)Nc1ccc(-c2nn(C(C)(C)C)c(Nc3ccnc(OCCCCCCCCCCCCCC(=O)OC(C)(C)C)c3)c2C#N)cc1. The van der Waals surface area contributed by atoms with Gasteiger partial charge in [0.15, 0.2) is 0 Å². The number of anilines is 3. The molecule has 0 unspecified atom stereocenters. The van der Waals surface area contributed by atoms with Crippen LogP contribution >= 0.6 is 0 Å². The van der Waals surface area contributed by atoms with E-state index in [0.717, 1.165) is 31.4 Å². The van der Waals surface area contributed by atoms with Gasteiger partial charge in [-0.2, -0.15) is 10.4 Å². The highest BCUT2D eigenvalue weighted by molar-refractivity contribution is 7.92. The standard InChI is InChI=1S/C39H58N6O5S/c1-8-51(47,48)44-31-23-21-30(22-24-31)36-33(29-40)37(45(43-36)38(2,3)4)42-32-25-26-41-34(28-32)49-27-19-17-15-13-11-9-10-12-14-16-18-20-35(46)50-39(5,6)7/h21-26,28,44H,8-20,27H2,1-7H3,(H,41,42). The number of ether oxygens (including phenoxy) is 2. The average molecular weight is 723 g/mol. The summed E-state index contributed by atoms with van der Waals surface area (Å²) >= 11 is 0. The third-order valence-corrected chi connectivity index (χ3v) is 9.44. The number of hydrogen-bond acceptors (Lipinski definition) is 9. The Labute approximate surface area is 305 Å². The number of carbonyl (C=O) groups is 1. The van der Waals surface area contributed by atoms with E-state index in [-0.39, 0.29) is 11.7 Å². The monoisotopic (exact) mass is 722 g/mol. The number of esters is 1. The number of hydrogen-bond donors (Lipinski definition) is 2. The number of carbonyl (C=O) groups excluding carboxylic acids is 1. The van der Waals surface area contributed by atoms with Crippen molar-refractivity contribution < 1.29 is 22.7 Å². The van der Waals surface area contributed by atoms with Gasteiger partial charge in [0.2, 0.25) is 15.9 Å². The molecule has 2 aromatic heterocycles. The zero-order chi connectivity index (χ0) is 37.5. The van der Waals surface area contributed by atoms with Crippen LogP contribution in [0.1, 0.15) is 131 Å². The minimum Gasteiger partial charge on any atom is -0.478 e. The van der Waals surface area contributed by atoms with Gasteiger partial charge >= 0.3 is 5.97 Å². The van der Waals surface area contributed by atoms with E-state index in [4.69, 9.17) is 14.6 Å². The Hall–Kier alpha value is -4.11. The van der Waals surface area contributed by atoms with Gasteiger partial charge in [-0.1, -0.05) is 69.9 Å². The van der Waals surface area contributed by atoms with Crippen molar-refractivity contribution in [1.82, 2.24) is 14.8 Å². The van der Waals surface area contributed by atoms with Crippen molar-refractivity contribution in [2.45, 2.75) is 137 Å². The van der Waals surface area contributed by atoms with E-state index in [9.17, 15) is 18.5 Å². The zero-order valence-electron chi connectivity index (χ0n) is 31.7. The van der Waals surface area contributed by atoms with Crippen LogP contribution in [0, 0.1) is 11.3 Å². The Balaban J connectivity index is 1.44. The Morgan fingerprint density at radius 2 is 1.45 bits per heavy atom. The van der Waals surface area contributed by atoms with Crippen molar-refractivity contribution in [2.75, 3.05) is 22.4 Å². The molecule has 2 heterocycles. The van der Waals surface area contributed by atoms with Crippen molar-refractivity contribution in [3.8, 4) is 23.2 Å². The molecule has 0 fully saturated rings. The van der Waals surface area contributed by atoms with Crippen LogP contribution in [-0.2, 0) is 25.1 Å². The van der Waals surface area contributed by atoms with Crippen molar-refractivity contribution >= 4 is 33.2 Å². The van der Waals surface area contributed by atoms with Crippen molar-refractivity contribution in [1.29, 1.82) is 5.26 Å². The molecule has 1 aromatic carbocycles. The van der Waals surface area contributed by atoms with E-state index in [0.29, 0.717) is 47.2 Å². The van der Waals surface area contributed by atoms with Crippen LogP contribution in [0.25, 0.3) is 11.3 Å². The Kier molecular flexibility index (Phi) is 15.8. The number of sulfonamides is 1. The lowest BCUT2D eigenvalue weighted by atomic mass is 10.1. The fourth-order valence-corrected chi connectivity index (χ4v) is 6.15. The lowest BCUT2D eigenvalue weighted by Crippen LogP contribution is -2.24. The maximum absolute atomic E-state index is 12.0. The summed E-state index contributed by atoms with van der Waals surface area (Å²) in [6.45, 7) is 13.9.